The van der Waals surface area contributed by atoms with Crippen molar-refractivity contribution in [2.24, 2.45) is 5.92 Å². The number of piperidine rings is 1. The standard InChI is InChI=1S/C15H20FNO/c16-14-4-3-13(12-5-7-17-8-6-12)9-15(14)18-10-11-1-2-11/h3-4,9,11-12,17H,1-2,5-8,10H2. The number of nitrogens with one attached hydrogen (secondary N) is 1. The summed E-state index contributed by atoms with van der Waals surface area (Å²) in [6.45, 7) is 2.78. The van der Waals surface area contributed by atoms with Crippen LogP contribution in [0.1, 0.15) is 37.2 Å². The molecule has 3 rings (SSSR count). The van der Waals surface area contributed by atoms with E-state index in [2.05, 4.69) is 5.32 Å². The third-order valence-electron chi connectivity index (χ3n) is 3.94. The van der Waals surface area contributed by atoms with E-state index >= 15 is 0 Å². The summed E-state index contributed by atoms with van der Waals surface area (Å²) in [6, 6.07) is 5.38. The fraction of sp³-hybridized carbons (Fsp3) is 0.600. The number of hydrogen-bond donors (Lipinski definition) is 1. The quantitative estimate of drug-likeness (QED) is 0.885. The molecule has 1 aliphatic carbocycles. The van der Waals surface area contributed by atoms with E-state index in [9.17, 15) is 4.39 Å². The van der Waals surface area contributed by atoms with Crippen LogP contribution in [0.3, 0.4) is 0 Å². The largest absolute Gasteiger partial charge is 0.490 e. The van der Waals surface area contributed by atoms with Gasteiger partial charge in [0.1, 0.15) is 0 Å². The molecule has 98 valence electrons. The summed E-state index contributed by atoms with van der Waals surface area (Å²) in [5, 5.41) is 3.35. The molecule has 2 fully saturated rings. The molecule has 18 heavy (non-hydrogen) atoms. The molecular formula is C15H20FNO. The monoisotopic (exact) mass is 249 g/mol. The Morgan fingerprint density at radius 2 is 1.94 bits per heavy atom. The van der Waals surface area contributed by atoms with Crippen molar-refractivity contribution in [3.63, 3.8) is 0 Å². The highest BCUT2D eigenvalue weighted by molar-refractivity contribution is 5.32. The first-order valence-corrected chi connectivity index (χ1v) is 6.96. The molecule has 1 N–H and O–H groups in total. The van der Waals surface area contributed by atoms with E-state index in [1.54, 1.807) is 6.07 Å². The van der Waals surface area contributed by atoms with E-state index < -0.39 is 0 Å². The third kappa shape index (κ3) is 2.83. The Hall–Kier alpha value is -1.09. The van der Waals surface area contributed by atoms with Crippen LogP contribution in [0.5, 0.6) is 5.75 Å². The maximum absolute atomic E-state index is 13.7. The van der Waals surface area contributed by atoms with Crippen molar-refractivity contribution in [1.29, 1.82) is 0 Å². The highest BCUT2D eigenvalue weighted by atomic mass is 19.1. The number of benzene rings is 1. The first-order valence-electron chi connectivity index (χ1n) is 6.96. The van der Waals surface area contributed by atoms with Crippen molar-refractivity contribution in [3.05, 3.63) is 29.6 Å². The fourth-order valence-corrected chi connectivity index (χ4v) is 2.53. The van der Waals surface area contributed by atoms with Crippen LogP contribution in [0.2, 0.25) is 0 Å². The van der Waals surface area contributed by atoms with Crippen LogP contribution in [-0.4, -0.2) is 19.7 Å². The van der Waals surface area contributed by atoms with Crippen molar-refractivity contribution in [2.45, 2.75) is 31.6 Å². The molecule has 1 aliphatic heterocycles. The molecule has 1 aromatic carbocycles. The Labute approximate surface area is 108 Å². The molecular weight excluding hydrogens is 229 g/mol. The van der Waals surface area contributed by atoms with Crippen LogP contribution in [0.25, 0.3) is 0 Å². The summed E-state index contributed by atoms with van der Waals surface area (Å²) in [6.07, 6.45) is 4.73. The van der Waals surface area contributed by atoms with E-state index in [0.717, 1.165) is 25.9 Å². The van der Waals surface area contributed by atoms with Gasteiger partial charge in [-0.15, -0.1) is 0 Å². The molecule has 3 heteroatoms. The van der Waals surface area contributed by atoms with Gasteiger partial charge in [-0.25, -0.2) is 4.39 Å². The molecule has 0 bridgehead atoms. The molecule has 1 heterocycles. The lowest BCUT2D eigenvalue weighted by molar-refractivity contribution is 0.284. The third-order valence-corrected chi connectivity index (χ3v) is 3.94. The molecule has 2 aliphatic rings. The molecule has 0 spiro atoms. The van der Waals surface area contributed by atoms with E-state index in [1.165, 1.54) is 18.4 Å². The Morgan fingerprint density at radius 3 is 2.67 bits per heavy atom. The number of ether oxygens (including phenoxy) is 1. The Kier molecular flexibility index (Phi) is 3.50. The van der Waals surface area contributed by atoms with Crippen LogP contribution in [0, 0.1) is 11.7 Å². The lowest BCUT2D eigenvalue weighted by Crippen LogP contribution is -2.26. The van der Waals surface area contributed by atoms with Crippen molar-refractivity contribution in [2.75, 3.05) is 19.7 Å². The minimum absolute atomic E-state index is 0.228. The Balaban J connectivity index is 1.71. The first-order chi connectivity index (χ1) is 8.83. The van der Waals surface area contributed by atoms with Crippen molar-refractivity contribution >= 4 is 0 Å². The zero-order valence-corrected chi connectivity index (χ0v) is 10.6. The molecule has 2 nitrogen and oxygen atoms in total. The Bertz CT molecular complexity index is 411. The van der Waals surface area contributed by atoms with Gasteiger partial charge in [0.2, 0.25) is 0 Å². The maximum Gasteiger partial charge on any atom is 0.165 e. The van der Waals surface area contributed by atoms with Crippen LogP contribution in [0.4, 0.5) is 4.39 Å². The van der Waals surface area contributed by atoms with Gasteiger partial charge in [-0.05, 0) is 68.3 Å². The SMILES string of the molecule is Fc1ccc(C2CCNCC2)cc1OCC1CC1. The van der Waals surface area contributed by atoms with Crippen molar-refractivity contribution in [3.8, 4) is 5.75 Å². The van der Waals surface area contributed by atoms with Crippen LogP contribution >= 0.6 is 0 Å². The lowest BCUT2D eigenvalue weighted by atomic mass is 9.90. The minimum Gasteiger partial charge on any atom is -0.490 e. The number of rotatable bonds is 4. The number of hydrogen-bond acceptors (Lipinski definition) is 2. The summed E-state index contributed by atoms with van der Waals surface area (Å²) >= 11 is 0. The van der Waals surface area contributed by atoms with E-state index in [4.69, 9.17) is 4.74 Å². The van der Waals surface area contributed by atoms with Gasteiger partial charge in [0.25, 0.3) is 0 Å². The first kappa shape index (κ1) is 12.0. The van der Waals surface area contributed by atoms with Crippen molar-refractivity contribution in [1.82, 2.24) is 5.32 Å². The molecule has 0 atom stereocenters. The van der Waals surface area contributed by atoms with Gasteiger partial charge >= 0.3 is 0 Å². The highest BCUT2D eigenvalue weighted by Crippen LogP contribution is 2.32. The summed E-state index contributed by atoms with van der Waals surface area (Å²) < 4.78 is 19.3. The van der Waals surface area contributed by atoms with Crippen LogP contribution in [0.15, 0.2) is 18.2 Å². The van der Waals surface area contributed by atoms with Crippen molar-refractivity contribution < 1.29 is 9.13 Å². The lowest BCUT2D eigenvalue weighted by Gasteiger charge is -2.23. The average molecular weight is 249 g/mol. The minimum atomic E-state index is -0.228. The van der Waals surface area contributed by atoms with Gasteiger partial charge in [0.15, 0.2) is 11.6 Å². The van der Waals surface area contributed by atoms with E-state index in [0.29, 0.717) is 24.2 Å². The zero-order valence-electron chi connectivity index (χ0n) is 10.6. The van der Waals surface area contributed by atoms with Gasteiger partial charge < -0.3 is 10.1 Å². The van der Waals surface area contributed by atoms with Gasteiger partial charge in [-0.2, -0.15) is 0 Å². The fourth-order valence-electron chi connectivity index (χ4n) is 2.53. The second-order valence-electron chi connectivity index (χ2n) is 5.47. The smallest absolute Gasteiger partial charge is 0.165 e. The van der Waals surface area contributed by atoms with Gasteiger partial charge in [-0.3, -0.25) is 0 Å². The van der Waals surface area contributed by atoms with Gasteiger partial charge in [-0.1, -0.05) is 6.07 Å². The number of halogens is 1. The molecule has 1 saturated carbocycles. The average Bonchev–Trinajstić information content (AvgIpc) is 3.23. The van der Waals surface area contributed by atoms with Crippen LogP contribution in [-0.2, 0) is 0 Å². The zero-order chi connectivity index (χ0) is 12.4. The molecule has 0 amide bonds. The predicted molar refractivity (Wildman–Crippen MR) is 69.5 cm³/mol. The van der Waals surface area contributed by atoms with E-state index in [-0.39, 0.29) is 5.82 Å². The second kappa shape index (κ2) is 5.27. The summed E-state index contributed by atoms with van der Waals surface area (Å²) in [5.41, 5.74) is 1.23. The topological polar surface area (TPSA) is 21.3 Å². The Morgan fingerprint density at radius 1 is 1.17 bits per heavy atom. The maximum atomic E-state index is 13.7. The molecule has 0 aromatic heterocycles. The van der Waals surface area contributed by atoms with Gasteiger partial charge in [0.05, 0.1) is 6.61 Å². The normalized spacial score (nSPS) is 20.9. The summed E-state index contributed by atoms with van der Waals surface area (Å²) in [4.78, 5) is 0. The van der Waals surface area contributed by atoms with Gasteiger partial charge in [0, 0.05) is 0 Å². The molecule has 0 unspecified atom stereocenters. The molecule has 1 saturated heterocycles. The predicted octanol–water partition coefficient (Wildman–Crippen LogP) is 3.08. The molecule has 0 radical (unpaired) electrons. The highest BCUT2D eigenvalue weighted by Gasteiger charge is 2.23. The second-order valence-corrected chi connectivity index (χ2v) is 5.47. The molecule has 1 aromatic rings. The van der Waals surface area contributed by atoms with Crippen LogP contribution < -0.4 is 10.1 Å². The summed E-state index contributed by atoms with van der Waals surface area (Å²) in [7, 11) is 0. The van der Waals surface area contributed by atoms with E-state index in [1.807, 2.05) is 12.1 Å². The summed E-state index contributed by atoms with van der Waals surface area (Å²) in [5.74, 6) is 1.42.